The van der Waals surface area contributed by atoms with E-state index < -0.39 is 0 Å². The topological polar surface area (TPSA) is 62.5 Å². The minimum atomic E-state index is 0.108. The van der Waals surface area contributed by atoms with Crippen molar-refractivity contribution in [2.45, 2.75) is 70.9 Å². The highest BCUT2D eigenvalue weighted by molar-refractivity contribution is 5.97. The van der Waals surface area contributed by atoms with E-state index in [0.29, 0.717) is 19.1 Å². The van der Waals surface area contributed by atoms with Crippen LogP contribution < -0.4 is 0 Å². The van der Waals surface area contributed by atoms with Crippen LogP contribution >= 0.6 is 0 Å². The Labute approximate surface area is 172 Å². The molecule has 2 aromatic rings. The van der Waals surface area contributed by atoms with Gasteiger partial charge in [0.05, 0.1) is 17.3 Å². The summed E-state index contributed by atoms with van der Waals surface area (Å²) in [7, 11) is 2.17. The maximum Gasteiger partial charge on any atom is 0.257 e. The van der Waals surface area contributed by atoms with Crippen LogP contribution in [0.4, 0.5) is 0 Å². The van der Waals surface area contributed by atoms with E-state index in [0.717, 1.165) is 84.8 Å². The summed E-state index contributed by atoms with van der Waals surface area (Å²) < 4.78 is 5.93. The van der Waals surface area contributed by atoms with Crippen LogP contribution in [0.25, 0.3) is 0 Å². The lowest BCUT2D eigenvalue weighted by molar-refractivity contribution is 0.0730. The maximum absolute atomic E-state index is 13.3. The molecule has 0 N–H and O–H groups in total. The lowest BCUT2D eigenvalue weighted by Gasteiger charge is -2.33. The van der Waals surface area contributed by atoms with Gasteiger partial charge in [-0.15, -0.1) is 0 Å². The van der Waals surface area contributed by atoms with Crippen LogP contribution in [0.1, 0.15) is 82.7 Å². The molecule has 6 nitrogen and oxygen atoms in total. The van der Waals surface area contributed by atoms with Crippen molar-refractivity contribution in [1.29, 1.82) is 0 Å². The number of carbonyl (C=O) groups is 1. The van der Waals surface area contributed by atoms with Crippen molar-refractivity contribution in [3.05, 3.63) is 45.9 Å². The molecule has 6 heteroatoms. The zero-order chi connectivity index (χ0) is 20.0. The van der Waals surface area contributed by atoms with Gasteiger partial charge in [0, 0.05) is 43.3 Å². The van der Waals surface area contributed by atoms with Gasteiger partial charge in [-0.25, -0.2) is 9.97 Å². The first-order valence-corrected chi connectivity index (χ1v) is 11.1. The summed E-state index contributed by atoms with van der Waals surface area (Å²) in [5.74, 6) is 2.86. The van der Waals surface area contributed by atoms with E-state index in [4.69, 9.17) is 14.4 Å². The van der Waals surface area contributed by atoms with Crippen molar-refractivity contribution in [2.24, 2.45) is 0 Å². The van der Waals surface area contributed by atoms with Crippen molar-refractivity contribution >= 4 is 5.91 Å². The molecule has 2 aliphatic heterocycles. The first kappa shape index (κ1) is 18.8. The van der Waals surface area contributed by atoms with Crippen molar-refractivity contribution in [3.8, 4) is 0 Å². The number of aromatic nitrogens is 2. The van der Waals surface area contributed by atoms with Crippen LogP contribution in [-0.2, 0) is 25.8 Å². The van der Waals surface area contributed by atoms with Crippen LogP contribution in [0.3, 0.4) is 0 Å². The Kier molecular flexibility index (Phi) is 4.90. The number of nitrogens with zero attached hydrogens (tertiary/aromatic N) is 4. The lowest BCUT2D eigenvalue weighted by Crippen LogP contribution is -2.38. The quantitative estimate of drug-likeness (QED) is 0.779. The lowest BCUT2D eigenvalue weighted by atomic mass is 9.93. The van der Waals surface area contributed by atoms with Crippen molar-refractivity contribution < 1.29 is 9.21 Å². The van der Waals surface area contributed by atoms with E-state index in [2.05, 4.69) is 11.9 Å². The summed E-state index contributed by atoms with van der Waals surface area (Å²) in [5.41, 5.74) is 4.16. The molecule has 0 spiro atoms. The third kappa shape index (κ3) is 3.37. The molecule has 154 valence electrons. The minimum absolute atomic E-state index is 0.108. The molecule has 29 heavy (non-hydrogen) atoms. The van der Waals surface area contributed by atoms with Crippen LogP contribution in [0.15, 0.2) is 10.6 Å². The van der Waals surface area contributed by atoms with Gasteiger partial charge in [0.25, 0.3) is 5.91 Å². The third-order valence-electron chi connectivity index (χ3n) is 6.87. The standard InChI is InChI=1S/C23H30N4O2/c1-15-21(17-7-3-4-9-20(17)29-15)23(28)27-12-10-18-16(14-27)13-24-22(25-18)19-8-5-6-11-26(19)2/h13,19H,3-12,14H2,1-2H3. The number of aryl methyl sites for hydroxylation is 2. The first-order chi connectivity index (χ1) is 14.1. The number of piperidine rings is 1. The molecule has 5 rings (SSSR count). The molecule has 1 aliphatic carbocycles. The van der Waals surface area contributed by atoms with E-state index in [1.165, 1.54) is 12.8 Å². The second-order valence-corrected chi connectivity index (χ2v) is 8.81. The highest BCUT2D eigenvalue weighted by Crippen LogP contribution is 2.32. The van der Waals surface area contributed by atoms with E-state index >= 15 is 0 Å². The molecule has 0 saturated carbocycles. The van der Waals surface area contributed by atoms with Crippen LogP contribution in [0.5, 0.6) is 0 Å². The average Bonchev–Trinajstić information content (AvgIpc) is 3.08. The highest BCUT2D eigenvalue weighted by atomic mass is 16.3. The first-order valence-electron chi connectivity index (χ1n) is 11.1. The third-order valence-corrected chi connectivity index (χ3v) is 6.87. The van der Waals surface area contributed by atoms with E-state index in [1.54, 1.807) is 0 Å². The normalized spacial score (nSPS) is 22.3. The van der Waals surface area contributed by atoms with Crippen LogP contribution in [-0.4, -0.2) is 45.8 Å². The molecule has 1 fully saturated rings. The predicted molar refractivity (Wildman–Crippen MR) is 110 cm³/mol. The van der Waals surface area contributed by atoms with Gasteiger partial charge in [0.15, 0.2) is 0 Å². The summed E-state index contributed by atoms with van der Waals surface area (Å²) in [6.45, 7) is 4.35. The number of furan rings is 1. The second-order valence-electron chi connectivity index (χ2n) is 8.81. The minimum Gasteiger partial charge on any atom is -0.465 e. The molecule has 4 heterocycles. The fraction of sp³-hybridized carbons (Fsp3) is 0.609. The predicted octanol–water partition coefficient (Wildman–Crippen LogP) is 3.61. The Bertz CT molecular complexity index is 935. The fourth-order valence-corrected chi connectivity index (χ4v) is 5.21. The molecule has 0 bridgehead atoms. The Hall–Kier alpha value is -2.21. The summed E-state index contributed by atoms with van der Waals surface area (Å²) in [6.07, 6.45) is 10.6. The van der Waals surface area contributed by atoms with Gasteiger partial charge < -0.3 is 9.32 Å². The molecule has 1 unspecified atom stereocenters. The van der Waals surface area contributed by atoms with Gasteiger partial charge >= 0.3 is 0 Å². The number of carbonyl (C=O) groups excluding carboxylic acids is 1. The molecule has 1 amide bonds. The molecule has 2 aromatic heterocycles. The SMILES string of the molecule is Cc1oc2c(c1C(=O)N1CCc3nc(C4CCCCN4C)ncc3C1)CCCC2. The number of fused-ring (bicyclic) bond motifs is 2. The summed E-state index contributed by atoms with van der Waals surface area (Å²) >= 11 is 0. The second kappa shape index (κ2) is 7.56. The van der Waals surface area contributed by atoms with E-state index in [9.17, 15) is 4.79 Å². The smallest absolute Gasteiger partial charge is 0.257 e. The van der Waals surface area contributed by atoms with Gasteiger partial charge in [-0.2, -0.15) is 0 Å². The summed E-state index contributed by atoms with van der Waals surface area (Å²) in [4.78, 5) is 27.3. The zero-order valence-electron chi connectivity index (χ0n) is 17.5. The van der Waals surface area contributed by atoms with E-state index in [-0.39, 0.29) is 5.91 Å². The summed E-state index contributed by atoms with van der Waals surface area (Å²) in [5, 5.41) is 0. The Balaban J connectivity index is 1.36. The number of amides is 1. The number of rotatable bonds is 2. The number of hydrogen-bond donors (Lipinski definition) is 0. The van der Waals surface area contributed by atoms with Gasteiger partial charge in [0.1, 0.15) is 17.3 Å². The van der Waals surface area contributed by atoms with E-state index in [1.807, 2.05) is 18.0 Å². The van der Waals surface area contributed by atoms with Gasteiger partial charge in [0.2, 0.25) is 0 Å². The number of likely N-dealkylation sites (tertiary alicyclic amines) is 1. The Morgan fingerprint density at radius 3 is 2.86 bits per heavy atom. The van der Waals surface area contributed by atoms with Crippen molar-refractivity contribution in [2.75, 3.05) is 20.1 Å². The largest absolute Gasteiger partial charge is 0.465 e. The average molecular weight is 395 g/mol. The summed E-state index contributed by atoms with van der Waals surface area (Å²) in [6, 6.07) is 0.328. The van der Waals surface area contributed by atoms with Gasteiger partial charge in [-0.3, -0.25) is 9.69 Å². The molecule has 0 radical (unpaired) electrons. The molecular weight excluding hydrogens is 364 g/mol. The monoisotopic (exact) mass is 394 g/mol. The van der Waals surface area contributed by atoms with Crippen LogP contribution in [0, 0.1) is 6.92 Å². The zero-order valence-corrected chi connectivity index (χ0v) is 17.5. The molecule has 3 aliphatic rings. The number of hydrogen-bond acceptors (Lipinski definition) is 5. The molecule has 0 aromatic carbocycles. The van der Waals surface area contributed by atoms with Crippen molar-refractivity contribution in [3.63, 3.8) is 0 Å². The fourth-order valence-electron chi connectivity index (χ4n) is 5.21. The molecule has 1 atom stereocenters. The van der Waals surface area contributed by atoms with Gasteiger partial charge in [-0.1, -0.05) is 6.42 Å². The Morgan fingerprint density at radius 2 is 2.00 bits per heavy atom. The molecular formula is C23H30N4O2. The van der Waals surface area contributed by atoms with Gasteiger partial charge in [-0.05, 0) is 52.6 Å². The highest BCUT2D eigenvalue weighted by Gasteiger charge is 2.31. The van der Waals surface area contributed by atoms with Crippen LogP contribution in [0.2, 0.25) is 0 Å². The Morgan fingerprint density at radius 1 is 1.14 bits per heavy atom. The maximum atomic E-state index is 13.3. The van der Waals surface area contributed by atoms with Crippen molar-refractivity contribution in [1.82, 2.24) is 19.8 Å². The molecule has 1 saturated heterocycles.